The quantitative estimate of drug-likeness (QED) is 0.334. The monoisotopic (exact) mass is 127 g/mol. The predicted molar refractivity (Wildman–Crippen MR) is 40.1 cm³/mol. The highest BCUT2D eigenvalue weighted by molar-refractivity contribution is 5.79. The van der Waals surface area contributed by atoms with Gasteiger partial charge in [0.1, 0.15) is 5.84 Å². The third-order valence-electron chi connectivity index (χ3n) is 1.10. The van der Waals surface area contributed by atoms with Gasteiger partial charge in [0.2, 0.25) is 0 Å². The summed E-state index contributed by atoms with van der Waals surface area (Å²) in [4.78, 5) is 3.94. The lowest BCUT2D eigenvalue weighted by Gasteiger charge is -2.15. The second-order valence-corrected chi connectivity index (χ2v) is 1.64. The summed E-state index contributed by atoms with van der Waals surface area (Å²) < 4.78 is 0. The van der Waals surface area contributed by atoms with Crippen LogP contribution in [0.2, 0.25) is 0 Å². The molecule has 3 nitrogen and oxygen atoms in total. The fourth-order valence-corrected chi connectivity index (χ4v) is 0.381. The number of hydrogen-bond donors (Lipinski definition) is 1. The van der Waals surface area contributed by atoms with E-state index in [4.69, 9.17) is 0 Å². The number of amidine groups is 1. The second kappa shape index (κ2) is 4.09. The molecule has 52 valence electrons. The van der Waals surface area contributed by atoms with Gasteiger partial charge < -0.3 is 0 Å². The Hall–Kier alpha value is -0.830. The van der Waals surface area contributed by atoms with E-state index in [1.807, 2.05) is 26.0 Å². The Bertz CT molecular complexity index is 117. The van der Waals surface area contributed by atoms with E-state index in [1.165, 1.54) is 6.20 Å². The largest absolute Gasteiger partial charge is 0.299 e. The standard InChI is InChI=1S/C6H13N3/c1-5-8-6(2)9(4)7-3/h5,7H,1H2,2-4H3/b8-6-. The van der Waals surface area contributed by atoms with Gasteiger partial charge in [0, 0.05) is 20.3 Å². The molecule has 0 unspecified atom stereocenters. The minimum absolute atomic E-state index is 0.896. The number of nitrogens with one attached hydrogen (secondary N) is 1. The molecule has 0 aromatic heterocycles. The van der Waals surface area contributed by atoms with Gasteiger partial charge in [-0.3, -0.25) is 5.01 Å². The molecule has 0 saturated heterocycles. The van der Waals surface area contributed by atoms with Gasteiger partial charge >= 0.3 is 0 Å². The van der Waals surface area contributed by atoms with Gasteiger partial charge in [0.05, 0.1) is 0 Å². The highest BCUT2D eigenvalue weighted by atomic mass is 15.5. The molecular weight excluding hydrogens is 114 g/mol. The average Bonchev–Trinajstić information content (AvgIpc) is 1.87. The highest BCUT2D eigenvalue weighted by Crippen LogP contribution is 1.80. The van der Waals surface area contributed by atoms with Crippen LogP contribution in [0.25, 0.3) is 0 Å². The molecule has 0 aromatic rings. The smallest absolute Gasteiger partial charge is 0.115 e. The van der Waals surface area contributed by atoms with Gasteiger partial charge in [-0.05, 0) is 6.92 Å². The lowest BCUT2D eigenvalue weighted by Crippen LogP contribution is -2.34. The number of aliphatic imine (C=N–C) groups is 1. The van der Waals surface area contributed by atoms with Crippen LogP contribution < -0.4 is 5.43 Å². The van der Waals surface area contributed by atoms with E-state index in [2.05, 4.69) is 17.0 Å². The van der Waals surface area contributed by atoms with Crippen LogP contribution in [-0.4, -0.2) is 24.9 Å². The molecule has 0 radical (unpaired) electrons. The maximum absolute atomic E-state index is 3.94. The SMILES string of the molecule is C=C/N=C(/C)N(C)NC. The lowest BCUT2D eigenvalue weighted by molar-refractivity contribution is 0.407. The number of rotatable bonds is 2. The molecule has 0 amide bonds. The molecule has 0 heterocycles. The van der Waals surface area contributed by atoms with Gasteiger partial charge in [-0.25, -0.2) is 10.4 Å². The van der Waals surface area contributed by atoms with E-state index in [0.717, 1.165) is 5.84 Å². The highest BCUT2D eigenvalue weighted by Gasteiger charge is 1.91. The summed E-state index contributed by atoms with van der Waals surface area (Å²) in [7, 11) is 3.73. The van der Waals surface area contributed by atoms with Gasteiger partial charge in [-0.2, -0.15) is 0 Å². The first-order valence-electron chi connectivity index (χ1n) is 2.78. The van der Waals surface area contributed by atoms with Crippen LogP contribution in [0.4, 0.5) is 0 Å². The molecule has 0 saturated carbocycles. The molecular formula is C6H13N3. The summed E-state index contributed by atoms with van der Waals surface area (Å²) in [6.07, 6.45) is 1.52. The number of hydrazine groups is 1. The lowest BCUT2D eigenvalue weighted by atomic mass is 10.6. The van der Waals surface area contributed by atoms with Gasteiger partial charge in [0.25, 0.3) is 0 Å². The topological polar surface area (TPSA) is 27.6 Å². The van der Waals surface area contributed by atoms with Crippen LogP contribution in [0.3, 0.4) is 0 Å². The van der Waals surface area contributed by atoms with Crippen molar-refractivity contribution < 1.29 is 0 Å². The molecule has 1 N–H and O–H groups in total. The van der Waals surface area contributed by atoms with Crippen molar-refractivity contribution in [2.75, 3.05) is 14.1 Å². The molecule has 0 aliphatic carbocycles. The minimum Gasteiger partial charge on any atom is -0.299 e. The van der Waals surface area contributed by atoms with Crippen molar-refractivity contribution in [2.45, 2.75) is 6.92 Å². The normalized spacial score (nSPS) is 11.2. The molecule has 0 bridgehead atoms. The van der Waals surface area contributed by atoms with Crippen molar-refractivity contribution in [1.82, 2.24) is 10.4 Å². The van der Waals surface area contributed by atoms with Crippen LogP contribution in [0.15, 0.2) is 17.8 Å². The molecule has 0 fully saturated rings. The zero-order chi connectivity index (χ0) is 7.28. The Morgan fingerprint density at radius 2 is 2.33 bits per heavy atom. The van der Waals surface area contributed by atoms with Crippen molar-refractivity contribution in [2.24, 2.45) is 4.99 Å². The van der Waals surface area contributed by atoms with Crippen molar-refractivity contribution in [1.29, 1.82) is 0 Å². The van der Waals surface area contributed by atoms with Crippen LogP contribution in [0, 0.1) is 0 Å². The van der Waals surface area contributed by atoms with E-state index in [-0.39, 0.29) is 0 Å². The summed E-state index contributed by atoms with van der Waals surface area (Å²) in [5, 5.41) is 1.81. The van der Waals surface area contributed by atoms with Crippen LogP contribution in [-0.2, 0) is 0 Å². The molecule has 9 heavy (non-hydrogen) atoms. The number of nitrogens with zero attached hydrogens (tertiary/aromatic N) is 2. The third-order valence-corrected chi connectivity index (χ3v) is 1.10. The van der Waals surface area contributed by atoms with Crippen molar-refractivity contribution in [3.8, 4) is 0 Å². The van der Waals surface area contributed by atoms with Crippen LogP contribution in [0.5, 0.6) is 0 Å². The maximum Gasteiger partial charge on any atom is 0.115 e. The maximum atomic E-state index is 3.94. The zero-order valence-corrected chi connectivity index (χ0v) is 6.18. The molecule has 0 rings (SSSR count). The fourth-order valence-electron chi connectivity index (χ4n) is 0.381. The second-order valence-electron chi connectivity index (χ2n) is 1.64. The van der Waals surface area contributed by atoms with Gasteiger partial charge in [-0.15, -0.1) is 0 Å². The minimum atomic E-state index is 0.896. The van der Waals surface area contributed by atoms with Crippen LogP contribution in [0.1, 0.15) is 6.92 Å². The third kappa shape index (κ3) is 2.87. The van der Waals surface area contributed by atoms with Gasteiger partial charge in [0.15, 0.2) is 0 Å². The molecule has 0 atom stereocenters. The Morgan fingerprint density at radius 3 is 2.67 bits per heavy atom. The Labute approximate surface area is 56.0 Å². The first-order chi connectivity index (χ1) is 4.22. The molecule has 0 spiro atoms. The average molecular weight is 127 g/mol. The Kier molecular flexibility index (Phi) is 3.71. The van der Waals surface area contributed by atoms with E-state index < -0.39 is 0 Å². The van der Waals surface area contributed by atoms with Crippen molar-refractivity contribution >= 4 is 5.84 Å². The first-order valence-corrected chi connectivity index (χ1v) is 2.78. The summed E-state index contributed by atoms with van der Waals surface area (Å²) in [5.74, 6) is 0.896. The summed E-state index contributed by atoms with van der Waals surface area (Å²) in [6.45, 7) is 5.38. The first kappa shape index (κ1) is 8.17. The Morgan fingerprint density at radius 1 is 1.78 bits per heavy atom. The number of hydrogen-bond acceptors (Lipinski definition) is 2. The molecule has 0 aliphatic rings. The van der Waals surface area contributed by atoms with Gasteiger partial charge in [-0.1, -0.05) is 6.58 Å². The van der Waals surface area contributed by atoms with E-state index in [1.54, 1.807) is 0 Å². The van der Waals surface area contributed by atoms with Crippen molar-refractivity contribution in [3.63, 3.8) is 0 Å². The van der Waals surface area contributed by atoms with Crippen LogP contribution >= 0.6 is 0 Å². The van der Waals surface area contributed by atoms with E-state index >= 15 is 0 Å². The summed E-state index contributed by atoms with van der Waals surface area (Å²) >= 11 is 0. The summed E-state index contributed by atoms with van der Waals surface area (Å²) in [6, 6.07) is 0. The van der Waals surface area contributed by atoms with E-state index in [0.29, 0.717) is 0 Å². The molecule has 3 heteroatoms. The zero-order valence-electron chi connectivity index (χ0n) is 6.18. The summed E-state index contributed by atoms with van der Waals surface area (Å²) in [5.41, 5.74) is 2.90. The van der Waals surface area contributed by atoms with Crippen molar-refractivity contribution in [3.05, 3.63) is 12.8 Å². The molecule has 0 aromatic carbocycles. The fraction of sp³-hybridized carbons (Fsp3) is 0.500. The predicted octanol–water partition coefficient (Wildman–Crippen LogP) is 0.615. The Balaban J connectivity index is 3.84. The molecule has 0 aliphatic heterocycles. The van der Waals surface area contributed by atoms with E-state index in [9.17, 15) is 0 Å².